The molecule has 11 heteroatoms. The van der Waals surface area contributed by atoms with Crippen molar-refractivity contribution in [3.05, 3.63) is 29.2 Å². The third kappa shape index (κ3) is 5.33. The smallest absolute Gasteiger partial charge is 0.407 e. The van der Waals surface area contributed by atoms with Crippen LogP contribution in [-0.2, 0) is 27.9 Å². The largest absolute Gasteiger partial charge is 0.444 e. The summed E-state index contributed by atoms with van der Waals surface area (Å²) in [6.07, 6.45) is -0.594. The van der Waals surface area contributed by atoms with E-state index in [4.69, 9.17) is 14.2 Å². The van der Waals surface area contributed by atoms with Gasteiger partial charge >= 0.3 is 6.09 Å². The summed E-state index contributed by atoms with van der Waals surface area (Å²) in [4.78, 5) is 24.2. The summed E-state index contributed by atoms with van der Waals surface area (Å²) in [7, 11) is 3.25. The molecule has 0 unspecified atom stereocenters. The molecule has 0 bridgehead atoms. The fraction of sp³-hybridized carbons (Fsp3) is 0.556. The highest BCUT2D eigenvalue weighted by Crippen LogP contribution is 2.30. The van der Waals surface area contributed by atoms with Crippen LogP contribution in [0.5, 0.6) is 0 Å². The van der Waals surface area contributed by atoms with Gasteiger partial charge in [0.2, 0.25) is 0 Å². The fourth-order valence-corrected chi connectivity index (χ4v) is 3.02. The molecule has 158 valence electrons. The van der Waals surface area contributed by atoms with Crippen LogP contribution in [0, 0.1) is 0 Å². The normalized spacial score (nSPS) is 18.8. The first kappa shape index (κ1) is 20.8. The molecule has 1 saturated heterocycles. The molecular weight excluding hydrogens is 380 g/mol. The Kier molecular flexibility index (Phi) is 6.49. The second-order valence-electron chi connectivity index (χ2n) is 7.12. The first-order chi connectivity index (χ1) is 13.9. The predicted molar refractivity (Wildman–Crippen MR) is 102 cm³/mol. The first-order valence-electron chi connectivity index (χ1n) is 9.33. The van der Waals surface area contributed by atoms with Crippen molar-refractivity contribution in [1.29, 1.82) is 0 Å². The van der Waals surface area contributed by atoms with Gasteiger partial charge in [-0.05, 0) is 19.9 Å². The summed E-state index contributed by atoms with van der Waals surface area (Å²) in [6, 6.07) is 3.37. The summed E-state index contributed by atoms with van der Waals surface area (Å²) >= 11 is 0. The molecule has 29 heavy (non-hydrogen) atoms. The van der Waals surface area contributed by atoms with Crippen molar-refractivity contribution in [3.63, 3.8) is 0 Å². The van der Waals surface area contributed by atoms with E-state index in [1.165, 1.54) is 4.68 Å². The fourth-order valence-electron chi connectivity index (χ4n) is 3.02. The molecule has 1 fully saturated rings. The molecule has 2 aromatic heterocycles. The number of anilines is 1. The monoisotopic (exact) mass is 406 g/mol. The van der Waals surface area contributed by atoms with Crippen molar-refractivity contribution in [1.82, 2.24) is 25.3 Å². The van der Waals surface area contributed by atoms with Crippen LogP contribution in [0.2, 0.25) is 0 Å². The zero-order valence-corrected chi connectivity index (χ0v) is 16.9. The van der Waals surface area contributed by atoms with E-state index in [-0.39, 0.29) is 24.2 Å². The third-order valence-corrected chi connectivity index (χ3v) is 4.28. The summed E-state index contributed by atoms with van der Waals surface area (Å²) in [5.74, 6) is 0.0318. The number of carbonyl (C=O) groups excluding carboxylic acids is 2. The lowest BCUT2D eigenvalue weighted by molar-refractivity contribution is 0.0682. The number of rotatable bonds is 7. The Hall–Kier alpha value is -2.92. The van der Waals surface area contributed by atoms with E-state index < -0.39 is 6.09 Å². The Morgan fingerprint density at radius 1 is 1.41 bits per heavy atom. The molecule has 0 spiro atoms. The van der Waals surface area contributed by atoms with Crippen molar-refractivity contribution in [3.8, 4) is 0 Å². The van der Waals surface area contributed by atoms with Crippen LogP contribution >= 0.6 is 0 Å². The number of aromatic amines is 1. The summed E-state index contributed by atoms with van der Waals surface area (Å²) in [5, 5.41) is 16.6. The van der Waals surface area contributed by atoms with Crippen molar-refractivity contribution in [2.24, 2.45) is 7.05 Å². The lowest BCUT2D eigenvalue weighted by Crippen LogP contribution is -2.33. The second kappa shape index (κ2) is 9.05. The van der Waals surface area contributed by atoms with Crippen LogP contribution in [0.25, 0.3) is 0 Å². The standard InChI is InChI=1S/C18H26N6O5/c1-10(2)19-18(26)29-12-6-15(28-9-12)13-7-16(22-21-13)20-17(25)14-5-11(8-27-4)23-24(14)3/h5,7,10,12,15H,6,8-9H2,1-4H3,(H,19,26)(H2,20,21,22,25)/t12-,15-/m1/s1. The van der Waals surface area contributed by atoms with Crippen molar-refractivity contribution < 1.29 is 23.8 Å². The number of alkyl carbamates (subject to hydrolysis) is 1. The summed E-state index contributed by atoms with van der Waals surface area (Å²) in [6.45, 7) is 4.35. The maximum absolute atomic E-state index is 12.5. The topological polar surface area (TPSA) is 132 Å². The van der Waals surface area contributed by atoms with E-state index in [0.717, 1.165) is 0 Å². The molecule has 0 radical (unpaired) electrons. The van der Waals surface area contributed by atoms with Gasteiger partial charge in [-0.3, -0.25) is 14.6 Å². The van der Waals surface area contributed by atoms with Crippen molar-refractivity contribution in [2.75, 3.05) is 19.0 Å². The highest BCUT2D eigenvalue weighted by atomic mass is 16.6. The van der Waals surface area contributed by atoms with Crippen LogP contribution in [0.4, 0.5) is 10.6 Å². The van der Waals surface area contributed by atoms with E-state index in [1.807, 2.05) is 13.8 Å². The van der Waals surface area contributed by atoms with Gasteiger partial charge in [-0.15, -0.1) is 0 Å². The van der Waals surface area contributed by atoms with Gasteiger partial charge in [0.25, 0.3) is 5.91 Å². The number of hydrogen-bond acceptors (Lipinski definition) is 7. The molecule has 3 rings (SSSR count). The molecular formula is C18H26N6O5. The van der Waals surface area contributed by atoms with E-state index in [9.17, 15) is 9.59 Å². The van der Waals surface area contributed by atoms with E-state index >= 15 is 0 Å². The summed E-state index contributed by atoms with van der Waals surface area (Å²) in [5.41, 5.74) is 1.75. The molecule has 1 aliphatic rings. The molecule has 11 nitrogen and oxygen atoms in total. The highest BCUT2D eigenvalue weighted by molar-refractivity contribution is 6.02. The summed E-state index contributed by atoms with van der Waals surface area (Å²) < 4.78 is 17.6. The van der Waals surface area contributed by atoms with Crippen molar-refractivity contribution >= 4 is 17.8 Å². The molecule has 3 heterocycles. The molecule has 0 saturated carbocycles. The third-order valence-electron chi connectivity index (χ3n) is 4.28. The van der Waals surface area contributed by atoms with Crippen LogP contribution in [0.1, 0.15) is 48.2 Å². The van der Waals surface area contributed by atoms with Gasteiger partial charge in [-0.1, -0.05) is 0 Å². The average Bonchev–Trinajstić information content (AvgIpc) is 3.35. The minimum atomic E-state index is -0.462. The Morgan fingerprint density at radius 2 is 2.21 bits per heavy atom. The Morgan fingerprint density at radius 3 is 2.93 bits per heavy atom. The minimum absolute atomic E-state index is 0.00407. The van der Waals surface area contributed by atoms with Gasteiger partial charge in [0.1, 0.15) is 17.9 Å². The first-order valence-corrected chi connectivity index (χ1v) is 9.33. The zero-order chi connectivity index (χ0) is 21.0. The van der Waals surface area contributed by atoms with Crippen LogP contribution < -0.4 is 10.6 Å². The Balaban J connectivity index is 1.56. The molecule has 2 atom stereocenters. The van der Waals surface area contributed by atoms with Gasteiger partial charge in [0.15, 0.2) is 5.82 Å². The number of carbonyl (C=O) groups is 2. The number of aromatic nitrogens is 4. The molecule has 0 aliphatic carbocycles. The maximum Gasteiger partial charge on any atom is 0.407 e. The zero-order valence-electron chi connectivity index (χ0n) is 16.9. The van der Waals surface area contributed by atoms with E-state index in [2.05, 4.69) is 25.9 Å². The molecule has 1 aliphatic heterocycles. The lowest BCUT2D eigenvalue weighted by Gasteiger charge is -2.13. The lowest BCUT2D eigenvalue weighted by atomic mass is 10.1. The molecule has 0 aromatic carbocycles. The predicted octanol–water partition coefficient (Wildman–Crippen LogP) is 1.51. The number of nitrogens with one attached hydrogen (secondary N) is 3. The van der Waals surface area contributed by atoms with Crippen molar-refractivity contribution in [2.45, 2.75) is 45.1 Å². The number of amides is 2. The number of ether oxygens (including phenoxy) is 3. The van der Waals surface area contributed by atoms with Crippen LogP contribution in [0.15, 0.2) is 12.1 Å². The minimum Gasteiger partial charge on any atom is -0.444 e. The van der Waals surface area contributed by atoms with Crippen LogP contribution in [0.3, 0.4) is 0 Å². The van der Waals surface area contributed by atoms with Gasteiger partial charge in [0, 0.05) is 32.7 Å². The number of H-pyrrole nitrogens is 1. The number of aryl methyl sites for hydroxylation is 1. The molecule has 2 aromatic rings. The van der Waals surface area contributed by atoms with Gasteiger partial charge in [-0.25, -0.2) is 4.79 Å². The maximum atomic E-state index is 12.5. The Labute approximate surface area is 168 Å². The average molecular weight is 406 g/mol. The van der Waals surface area contributed by atoms with Gasteiger partial charge < -0.3 is 24.8 Å². The molecule has 3 N–H and O–H groups in total. The second-order valence-corrected chi connectivity index (χ2v) is 7.12. The van der Waals surface area contributed by atoms with E-state index in [0.29, 0.717) is 42.5 Å². The van der Waals surface area contributed by atoms with Gasteiger partial charge in [-0.2, -0.15) is 10.2 Å². The highest BCUT2D eigenvalue weighted by Gasteiger charge is 2.31. The number of nitrogens with zero attached hydrogens (tertiary/aromatic N) is 3. The quantitative estimate of drug-likeness (QED) is 0.635. The SMILES string of the molecule is COCc1cc(C(=O)Nc2cc([C@H]3C[C@@H](OC(=O)NC(C)C)CO3)[nH]n2)n(C)n1. The number of methoxy groups -OCH3 is 1. The van der Waals surface area contributed by atoms with Gasteiger partial charge in [0.05, 0.1) is 24.6 Å². The number of hydrogen-bond donors (Lipinski definition) is 3. The van der Waals surface area contributed by atoms with E-state index in [1.54, 1.807) is 26.3 Å². The van der Waals surface area contributed by atoms with Crippen LogP contribution in [-0.4, -0.2) is 57.8 Å². The molecule has 2 amide bonds. The Bertz CT molecular complexity index is 861.